The summed E-state index contributed by atoms with van der Waals surface area (Å²) in [5, 5.41) is 12.9. The molecular formula is C15H19N3O2S2. The first kappa shape index (κ1) is 15.3. The number of hydrogen-bond acceptors (Lipinski definition) is 5. The SMILES string of the molecule is NS(=O)(=O)c1ccc(N2CCC(Nc3ccsc3)CC2)cc1. The summed E-state index contributed by atoms with van der Waals surface area (Å²) >= 11 is 1.70. The normalized spacial score (nSPS) is 16.7. The van der Waals surface area contributed by atoms with Crippen LogP contribution in [0.25, 0.3) is 0 Å². The number of hydrogen-bond donors (Lipinski definition) is 2. The molecule has 3 rings (SSSR count). The highest BCUT2D eigenvalue weighted by atomic mass is 32.2. The zero-order chi connectivity index (χ0) is 15.6. The highest BCUT2D eigenvalue weighted by molar-refractivity contribution is 7.89. The highest BCUT2D eigenvalue weighted by Crippen LogP contribution is 2.24. The quantitative estimate of drug-likeness (QED) is 0.899. The average Bonchev–Trinajstić information content (AvgIpc) is 3.00. The summed E-state index contributed by atoms with van der Waals surface area (Å²) in [5.74, 6) is 0. The van der Waals surface area contributed by atoms with Gasteiger partial charge in [-0.15, -0.1) is 0 Å². The van der Waals surface area contributed by atoms with Crippen molar-refractivity contribution in [3.05, 3.63) is 41.1 Å². The van der Waals surface area contributed by atoms with Gasteiger partial charge in [-0.05, 0) is 48.6 Å². The Bertz CT molecular complexity index is 704. The number of piperidine rings is 1. The van der Waals surface area contributed by atoms with Gasteiger partial charge in [0, 0.05) is 35.9 Å². The number of primary sulfonamides is 1. The second kappa shape index (κ2) is 6.28. The van der Waals surface area contributed by atoms with Gasteiger partial charge in [-0.25, -0.2) is 13.6 Å². The van der Waals surface area contributed by atoms with Gasteiger partial charge in [0.25, 0.3) is 0 Å². The fourth-order valence-corrected chi connectivity index (χ4v) is 3.82. The van der Waals surface area contributed by atoms with Crippen molar-refractivity contribution in [1.82, 2.24) is 0 Å². The minimum Gasteiger partial charge on any atom is -0.382 e. The number of thiophene rings is 1. The zero-order valence-electron chi connectivity index (χ0n) is 12.1. The largest absolute Gasteiger partial charge is 0.382 e. The number of sulfonamides is 1. The molecule has 2 heterocycles. The monoisotopic (exact) mass is 337 g/mol. The van der Waals surface area contributed by atoms with Gasteiger partial charge in [-0.1, -0.05) is 0 Å². The summed E-state index contributed by atoms with van der Waals surface area (Å²) < 4.78 is 22.5. The molecule has 1 saturated heterocycles. The molecule has 0 radical (unpaired) electrons. The Labute approximate surface area is 134 Å². The van der Waals surface area contributed by atoms with E-state index >= 15 is 0 Å². The lowest BCUT2D eigenvalue weighted by Crippen LogP contribution is -2.39. The van der Waals surface area contributed by atoms with Crippen LogP contribution in [-0.4, -0.2) is 27.5 Å². The maximum atomic E-state index is 11.3. The topological polar surface area (TPSA) is 75.4 Å². The summed E-state index contributed by atoms with van der Waals surface area (Å²) in [5.41, 5.74) is 2.24. The summed E-state index contributed by atoms with van der Waals surface area (Å²) in [6.45, 7) is 1.91. The Morgan fingerprint density at radius 2 is 1.82 bits per heavy atom. The number of nitrogens with zero attached hydrogens (tertiary/aromatic N) is 1. The van der Waals surface area contributed by atoms with E-state index in [1.54, 1.807) is 23.5 Å². The molecule has 0 aliphatic carbocycles. The molecule has 0 spiro atoms. The Morgan fingerprint density at radius 3 is 2.36 bits per heavy atom. The fourth-order valence-electron chi connectivity index (χ4n) is 2.71. The van der Waals surface area contributed by atoms with Crippen molar-refractivity contribution < 1.29 is 8.42 Å². The van der Waals surface area contributed by atoms with E-state index in [4.69, 9.17) is 5.14 Å². The van der Waals surface area contributed by atoms with Crippen LogP contribution < -0.4 is 15.4 Å². The molecule has 1 aromatic heterocycles. The smallest absolute Gasteiger partial charge is 0.238 e. The molecule has 2 aromatic rings. The standard InChI is InChI=1S/C15H19N3O2S2/c16-22(19,20)15-3-1-14(2-4-15)18-8-5-12(6-9-18)17-13-7-10-21-11-13/h1-4,7,10-12,17H,5-6,8-9H2,(H2,16,19,20). The Hall–Kier alpha value is -1.57. The van der Waals surface area contributed by atoms with E-state index in [1.807, 2.05) is 12.1 Å². The molecule has 0 atom stereocenters. The lowest BCUT2D eigenvalue weighted by molar-refractivity contribution is 0.527. The highest BCUT2D eigenvalue weighted by Gasteiger charge is 2.19. The predicted molar refractivity (Wildman–Crippen MR) is 91.0 cm³/mol. The van der Waals surface area contributed by atoms with E-state index < -0.39 is 10.0 Å². The number of nitrogens with two attached hydrogens (primary N) is 1. The lowest BCUT2D eigenvalue weighted by Gasteiger charge is -2.34. The summed E-state index contributed by atoms with van der Waals surface area (Å²) in [6.07, 6.45) is 2.12. The first-order valence-electron chi connectivity index (χ1n) is 7.19. The van der Waals surface area contributed by atoms with Crippen molar-refractivity contribution in [2.75, 3.05) is 23.3 Å². The van der Waals surface area contributed by atoms with Gasteiger partial charge >= 0.3 is 0 Å². The molecule has 22 heavy (non-hydrogen) atoms. The molecule has 118 valence electrons. The first-order chi connectivity index (χ1) is 10.5. The third kappa shape index (κ3) is 3.60. The van der Waals surface area contributed by atoms with Gasteiger partial charge in [-0.3, -0.25) is 0 Å². The van der Waals surface area contributed by atoms with Gasteiger partial charge in [0.2, 0.25) is 10.0 Å². The number of rotatable bonds is 4. The molecule has 0 saturated carbocycles. The second-order valence-corrected chi connectivity index (χ2v) is 7.80. The van der Waals surface area contributed by atoms with E-state index in [0.29, 0.717) is 6.04 Å². The van der Waals surface area contributed by atoms with Crippen molar-refractivity contribution in [2.45, 2.75) is 23.8 Å². The molecule has 7 heteroatoms. The van der Waals surface area contributed by atoms with Crippen molar-refractivity contribution in [3.63, 3.8) is 0 Å². The zero-order valence-corrected chi connectivity index (χ0v) is 13.7. The lowest BCUT2D eigenvalue weighted by atomic mass is 10.0. The molecule has 1 aromatic carbocycles. The molecule has 0 bridgehead atoms. The van der Waals surface area contributed by atoms with Crippen LogP contribution in [-0.2, 0) is 10.0 Å². The van der Waals surface area contributed by atoms with Crippen LogP contribution >= 0.6 is 11.3 Å². The van der Waals surface area contributed by atoms with E-state index in [-0.39, 0.29) is 4.90 Å². The Morgan fingerprint density at radius 1 is 1.14 bits per heavy atom. The number of anilines is 2. The maximum absolute atomic E-state index is 11.3. The minimum atomic E-state index is -3.62. The average molecular weight is 337 g/mol. The Kier molecular flexibility index (Phi) is 4.37. The van der Waals surface area contributed by atoms with Gasteiger partial charge in [0.15, 0.2) is 0 Å². The van der Waals surface area contributed by atoms with Crippen LogP contribution in [0.3, 0.4) is 0 Å². The molecule has 0 unspecified atom stereocenters. The van der Waals surface area contributed by atoms with Crippen molar-refractivity contribution in [2.24, 2.45) is 5.14 Å². The van der Waals surface area contributed by atoms with E-state index in [0.717, 1.165) is 31.6 Å². The fraction of sp³-hybridized carbons (Fsp3) is 0.333. The first-order valence-corrected chi connectivity index (χ1v) is 9.68. The van der Waals surface area contributed by atoms with Gasteiger partial charge < -0.3 is 10.2 Å². The summed E-state index contributed by atoms with van der Waals surface area (Å²) in [7, 11) is -3.62. The van der Waals surface area contributed by atoms with Crippen LogP contribution in [0.2, 0.25) is 0 Å². The molecule has 3 N–H and O–H groups in total. The van der Waals surface area contributed by atoms with E-state index in [9.17, 15) is 8.42 Å². The molecule has 1 aliphatic rings. The number of benzene rings is 1. The predicted octanol–water partition coefficient (Wildman–Crippen LogP) is 2.48. The Balaban J connectivity index is 1.59. The van der Waals surface area contributed by atoms with E-state index in [1.165, 1.54) is 5.69 Å². The molecule has 5 nitrogen and oxygen atoms in total. The second-order valence-electron chi connectivity index (χ2n) is 5.46. The van der Waals surface area contributed by atoms with Gasteiger partial charge in [0.05, 0.1) is 4.90 Å². The third-order valence-electron chi connectivity index (χ3n) is 3.92. The molecule has 1 aliphatic heterocycles. The van der Waals surface area contributed by atoms with Crippen molar-refractivity contribution in [1.29, 1.82) is 0 Å². The number of nitrogens with one attached hydrogen (secondary N) is 1. The maximum Gasteiger partial charge on any atom is 0.238 e. The minimum absolute atomic E-state index is 0.158. The van der Waals surface area contributed by atoms with Gasteiger partial charge in [0.1, 0.15) is 0 Å². The molecule has 0 amide bonds. The summed E-state index contributed by atoms with van der Waals surface area (Å²) in [6, 6.07) is 9.39. The van der Waals surface area contributed by atoms with Crippen LogP contribution in [0, 0.1) is 0 Å². The van der Waals surface area contributed by atoms with E-state index in [2.05, 4.69) is 27.0 Å². The molecular weight excluding hydrogens is 318 g/mol. The van der Waals surface area contributed by atoms with Crippen LogP contribution in [0.1, 0.15) is 12.8 Å². The summed E-state index contributed by atoms with van der Waals surface area (Å²) in [4.78, 5) is 2.43. The molecule has 1 fully saturated rings. The van der Waals surface area contributed by atoms with Crippen LogP contribution in [0.5, 0.6) is 0 Å². The van der Waals surface area contributed by atoms with Crippen LogP contribution in [0.4, 0.5) is 11.4 Å². The third-order valence-corrected chi connectivity index (χ3v) is 5.53. The van der Waals surface area contributed by atoms with Crippen molar-refractivity contribution >= 4 is 32.7 Å². The van der Waals surface area contributed by atoms with Gasteiger partial charge in [-0.2, -0.15) is 11.3 Å². The van der Waals surface area contributed by atoms with Crippen molar-refractivity contribution in [3.8, 4) is 0 Å². The van der Waals surface area contributed by atoms with Crippen LogP contribution in [0.15, 0.2) is 46.0 Å².